The summed E-state index contributed by atoms with van der Waals surface area (Å²) in [4.78, 5) is 33.6. The molecular weight excluding hydrogens is 411 g/mol. The fraction of sp³-hybridized carbons (Fsp3) is 0.571. The second kappa shape index (κ2) is 8.52. The second-order valence-corrected chi connectivity index (χ2v) is 9.52. The van der Waals surface area contributed by atoms with Crippen molar-refractivity contribution in [1.29, 1.82) is 0 Å². The van der Waals surface area contributed by atoms with Crippen LogP contribution >= 0.6 is 23.2 Å². The number of amides is 2. The van der Waals surface area contributed by atoms with Crippen LogP contribution in [0.3, 0.4) is 0 Å². The summed E-state index contributed by atoms with van der Waals surface area (Å²) in [6.45, 7) is 7.80. The van der Waals surface area contributed by atoms with Gasteiger partial charge in [0.15, 0.2) is 5.96 Å². The van der Waals surface area contributed by atoms with Gasteiger partial charge in [0.2, 0.25) is 0 Å². The van der Waals surface area contributed by atoms with Crippen LogP contribution in [0.1, 0.15) is 50.4 Å². The van der Waals surface area contributed by atoms with Crippen LogP contribution in [-0.2, 0) is 4.79 Å². The molecule has 8 heteroatoms. The number of nitrogens with two attached hydrogens (primary N) is 1. The number of piperidine rings is 1. The monoisotopic (exact) mass is 438 g/mol. The Bertz CT molecular complexity index is 814. The quantitative estimate of drug-likeness (QED) is 0.758. The van der Waals surface area contributed by atoms with Gasteiger partial charge in [-0.25, -0.2) is 4.99 Å². The molecule has 0 saturated carbocycles. The van der Waals surface area contributed by atoms with E-state index in [2.05, 4.69) is 18.8 Å². The zero-order chi connectivity index (χ0) is 21.3. The number of carbonyl (C=O) groups is 2. The maximum Gasteiger partial charge on any atom is 0.257 e. The summed E-state index contributed by atoms with van der Waals surface area (Å²) in [7, 11) is 0. The van der Waals surface area contributed by atoms with Crippen molar-refractivity contribution in [1.82, 2.24) is 9.80 Å². The third kappa shape index (κ3) is 4.86. The van der Waals surface area contributed by atoms with Crippen molar-refractivity contribution in [3.8, 4) is 0 Å². The van der Waals surface area contributed by atoms with Gasteiger partial charge in [0, 0.05) is 35.2 Å². The Morgan fingerprint density at radius 1 is 1.24 bits per heavy atom. The second-order valence-electron chi connectivity index (χ2n) is 8.65. The minimum atomic E-state index is -0.763. The summed E-state index contributed by atoms with van der Waals surface area (Å²) in [5.41, 5.74) is 5.82. The van der Waals surface area contributed by atoms with Crippen molar-refractivity contribution >= 4 is 41.0 Å². The molecule has 1 saturated heterocycles. The molecule has 2 aliphatic rings. The maximum atomic E-state index is 12.9. The van der Waals surface area contributed by atoms with Crippen molar-refractivity contribution in [2.75, 3.05) is 19.6 Å². The molecule has 2 heterocycles. The van der Waals surface area contributed by atoms with Gasteiger partial charge in [-0.3, -0.25) is 14.5 Å². The molecule has 29 heavy (non-hydrogen) atoms. The zero-order valence-corrected chi connectivity index (χ0v) is 18.6. The van der Waals surface area contributed by atoms with Crippen LogP contribution in [0.5, 0.6) is 0 Å². The minimum Gasteiger partial charge on any atom is -0.369 e. The van der Waals surface area contributed by atoms with Crippen LogP contribution in [0.25, 0.3) is 0 Å². The van der Waals surface area contributed by atoms with Gasteiger partial charge >= 0.3 is 0 Å². The van der Waals surface area contributed by atoms with Crippen molar-refractivity contribution in [3.63, 3.8) is 0 Å². The first-order valence-electron chi connectivity index (χ1n) is 10.0. The number of nitrogens with zero attached hydrogens (tertiary/aromatic N) is 3. The van der Waals surface area contributed by atoms with E-state index >= 15 is 0 Å². The van der Waals surface area contributed by atoms with Gasteiger partial charge in [0.1, 0.15) is 5.54 Å². The molecule has 3 rings (SSSR count). The molecule has 2 aliphatic heterocycles. The Labute approximate surface area is 182 Å². The van der Waals surface area contributed by atoms with Crippen LogP contribution in [0.4, 0.5) is 0 Å². The van der Waals surface area contributed by atoms with Gasteiger partial charge in [-0.2, -0.15) is 0 Å². The maximum absolute atomic E-state index is 12.9. The molecule has 1 aromatic rings. The molecule has 2 N–H and O–H groups in total. The van der Waals surface area contributed by atoms with Crippen LogP contribution in [0, 0.1) is 11.8 Å². The largest absolute Gasteiger partial charge is 0.369 e. The van der Waals surface area contributed by atoms with Crippen LogP contribution in [0.15, 0.2) is 23.2 Å². The fourth-order valence-corrected chi connectivity index (χ4v) is 4.82. The summed E-state index contributed by atoms with van der Waals surface area (Å²) in [6.07, 6.45) is 2.29. The Kier molecular flexibility index (Phi) is 6.44. The van der Waals surface area contributed by atoms with E-state index < -0.39 is 5.54 Å². The van der Waals surface area contributed by atoms with Gasteiger partial charge in [-0.05, 0) is 56.2 Å². The van der Waals surface area contributed by atoms with Gasteiger partial charge in [-0.15, -0.1) is 0 Å². The van der Waals surface area contributed by atoms with Gasteiger partial charge in [-0.1, -0.05) is 37.0 Å². The van der Waals surface area contributed by atoms with E-state index in [1.165, 1.54) is 0 Å². The predicted octanol–water partition coefficient (Wildman–Crippen LogP) is 3.81. The number of carbonyl (C=O) groups excluding carboxylic acids is 2. The lowest BCUT2D eigenvalue weighted by molar-refractivity contribution is -0.131. The third-order valence-corrected chi connectivity index (χ3v) is 6.04. The first kappa shape index (κ1) is 21.9. The third-order valence-electron chi connectivity index (χ3n) is 5.60. The smallest absolute Gasteiger partial charge is 0.257 e. The fourth-order valence-electron chi connectivity index (χ4n) is 4.30. The molecule has 1 atom stereocenters. The number of rotatable bonds is 5. The topological polar surface area (TPSA) is 79.0 Å². The van der Waals surface area contributed by atoms with Gasteiger partial charge in [0.25, 0.3) is 11.8 Å². The number of benzene rings is 1. The number of hydrogen-bond acceptors (Lipinski definition) is 4. The van der Waals surface area contributed by atoms with Crippen molar-refractivity contribution in [2.24, 2.45) is 22.6 Å². The molecular formula is C21H28Cl2N4O2. The molecule has 1 fully saturated rings. The average Bonchev–Trinajstić information content (AvgIpc) is 2.83. The lowest BCUT2D eigenvalue weighted by Crippen LogP contribution is -2.47. The van der Waals surface area contributed by atoms with E-state index in [1.807, 2.05) is 11.8 Å². The van der Waals surface area contributed by atoms with E-state index in [4.69, 9.17) is 28.9 Å². The SMILES string of the molecule is CC(C)CC1(C)N=C(N)N(CC2CCN(C(=O)c3cc(Cl)cc(Cl)c3)CC2)C1=O. The predicted molar refractivity (Wildman–Crippen MR) is 116 cm³/mol. The number of hydrogen-bond donors (Lipinski definition) is 1. The lowest BCUT2D eigenvalue weighted by atomic mass is 9.90. The van der Waals surface area contributed by atoms with E-state index in [9.17, 15) is 9.59 Å². The molecule has 0 aliphatic carbocycles. The highest BCUT2D eigenvalue weighted by molar-refractivity contribution is 6.35. The van der Waals surface area contributed by atoms with Crippen molar-refractivity contribution < 1.29 is 9.59 Å². The van der Waals surface area contributed by atoms with Crippen molar-refractivity contribution in [3.05, 3.63) is 33.8 Å². The lowest BCUT2D eigenvalue weighted by Gasteiger charge is -2.34. The van der Waals surface area contributed by atoms with E-state index in [-0.39, 0.29) is 17.7 Å². The highest BCUT2D eigenvalue weighted by atomic mass is 35.5. The number of likely N-dealkylation sites (tertiary alicyclic amines) is 1. The first-order valence-corrected chi connectivity index (χ1v) is 10.8. The molecule has 1 unspecified atom stereocenters. The van der Waals surface area contributed by atoms with Crippen LogP contribution < -0.4 is 5.73 Å². The molecule has 158 valence electrons. The summed E-state index contributed by atoms with van der Waals surface area (Å²) < 4.78 is 0. The zero-order valence-electron chi connectivity index (χ0n) is 17.1. The van der Waals surface area contributed by atoms with Gasteiger partial charge < -0.3 is 10.6 Å². The van der Waals surface area contributed by atoms with E-state index in [0.29, 0.717) is 53.5 Å². The molecule has 0 radical (unpaired) electrons. The number of guanidine groups is 1. The van der Waals surface area contributed by atoms with E-state index in [0.717, 1.165) is 12.8 Å². The van der Waals surface area contributed by atoms with Crippen LogP contribution in [-0.4, -0.2) is 52.7 Å². The summed E-state index contributed by atoms with van der Waals surface area (Å²) >= 11 is 12.0. The Balaban J connectivity index is 1.58. The van der Waals surface area contributed by atoms with Crippen molar-refractivity contribution in [2.45, 2.75) is 45.6 Å². The number of halogens is 2. The summed E-state index contributed by atoms with van der Waals surface area (Å²) in [6, 6.07) is 4.88. The number of aliphatic imine (C=N–C) groups is 1. The molecule has 0 spiro atoms. The molecule has 0 aromatic heterocycles. The Morgan fingerprint density at radius 3 is 2.38 bits per heavy atom. The highest BCUT2D eigenvalue weighted by Gasteiger charge is 2.44. The molecule has 0 bridgehead atoms. The minimum absolute atomic E-state index is 0.0178. The first-order chi connectivity index (χ1) is 13.6. The standard InChI is InChI=1S/C21H28Cl2N4O2/c1-13(2)11-21(3)19(29)27(20(24)25-21)12-14-4-6-26(7-5-14)18(28)15-8-16(22)10-17(23)9-15/h8-10,13-14H,4-7,11-12H2,1-3H3,(H2,24,25). The summed E-state index contributed by atoms with van der Waals surface area (Å²) in [5, 5.41) is 0.894. The van der Waals surface area contributed by atoms with Crippen LogP contribution in [0.2, 0.25) is 10.0 Å². The van der Waals surface area contributed by atoms with Gasteiger partial charge in [0.05, 0.1) is 0 Å². The molecule has 2 amide bonds. The summed E-state index contributed by atoms with van der Waals surface area (Å²) in [5.74, 6) is 0.854. The highest BCUT2D eigenvalue weighted by Crippen LogP contribution is 2.30. The molecule has 1 aromatic carbocycles. The molecule has 6 nitrogen and oxygen atoms in total. The Hall–Kier alpha value is -1.79. The normalized spacial score (nSPS) is 23.1. The average molecular weight is 439 g/mol. The Morgan fingerprint density at radius 2 is 1.83 bits per heavy atom. The van der Waals surface area contributed by atoms with E-state index in [1.54, 1.807) is 23.1 Å².